The van der Waals surface area contributed by atoms with Gasteiger partial charge < -0.3 is 5.73 Å². The summed E-state index contributed by atoms with van der Waals surface area (Å²) >= 11 is 1.37. The lowest BCUT2D eigenvalue weighted by Gasteiger charge is -2.12. The third-order valence-corrected chi connectivity index (χ3v) is 4.05. The Labute approximate surface area is 116 Å². The van der Waals surface area contributed by atoms with Gasteiger partial charge in [0.15, 0.2) is 0 Å². The van der Waals surface area contributed by atoms with Gasteiger partial charge in [-0.3, -0.25) is 0 Å². The first kappa shape index (κ1) is 14.1. The van der Waals surface area contributed by atoms with E-state index in [1.807, 2.05) is 6.92 Å². The maximum Gasteiger partial charge on any atom is 0.123 e. The highest BCUT2D eigenvalue weighted by Gasteiger charge is 2.16. The van der Waals surface area contributed by atoms with E-state index in [1.165, 1.54) is 17.6 Å². The van der Waals surface area contributed by atoms with Gasteiger partial charge in [0.05, 0.1) is 10.6 Å². The predicted octanol–water partition coefficient (Wildman–Crippen LogP) is 3.18. The van der Waals surface area contributed by atoms with Crippen molar-refractivity contribution in [2.45, 2.75) is 39.2 Å². The average Bonchev–Trinajstić information content (AvgIpc) is 2.81. The minimum Gasteiger partial charge on any atom is -0.323 e. The molecule has 3 nitrogen and oxygen atoms in total. The fraction of sp³-hybridized carbons (Fsp3) is 0.429. The Morgan fingerprint density at radius 3 is 2.89 bits per heavy atom. The number of hydrogen-bond donors (Lipinski definition) is 1. The number of aromatic nitrogens is 2. The van der Waals surface area contributed by atoms with Crippen LogP contribution < -0.4 is 5.73 Å². The molecule has 5 heteroatoms. The summed E-state index contributed by atoms with van der Waals surface area (Å²) in [5, 5.41) is 4.13. The molecule has 0 saturated heterocycles. The number of nitrogens with zero attached hydrogens (tertiary/aromatic N) is 2. The highest BCUT2D eigenvalue weighted by Crippen LogP contribution is 2.24. The highest BCUT2D eigenvalue weighted by molar-refractivity contribution is 7.05. The van der Waals surface area contributed by atoms with Crippen LogP contribution in [0.5, 0.6) is 0 Å². The molecular formula is C14H18FN3S. The molecule has 19 heavy (non-hydrogen) atoms. The van der Waals surface area contributed by atoms with Crippen LogP contribution in [-0.4, -0.2) is 9.59 Å². The van der Waals surface area contributed by atoms with E-state index >= 15 is 0 Å². The van der Waals surface area contributed by atoms with Gasteiger partial charge >= 0.3 is 0 Å². The zero-order valence-electron chi connectivity index (χ0n) is 11.2. The fourth-order valence-corrected chi connectivity index (χ4v) is 2.82. The van der Waals surface area contributed by atoms with E-state index in [4.69, 9.17) is 5.73 Å². The predicted molar refractivity (Wildman–Crippen MR) is 75.7 cm³/mol. The number of rotatable bonds is 5. The summed E-state index contributed by atoms with van der Waals surface area (Å²) in [5.74, 6) is -0.207. The monoisotopic (exact) mass is 279 g/mol. The maximum atomic E-state index is 13.1. The molecule has 1 unspecified atom stereocenters. The van der Waals surface area contributed by atoms with Crippen molar-refractivity contribution in [3.63, 3.8) is 0 Å². The number of aryl methyl sites for hydroxylation is 2. The van der Waals surface area contributed by atoms with Crippen molar-refractivity contribution in [3.05, 3.63) is 45.7 Å². The summed E-state index contributed by atoms with van der Waals surface area (Å²) in [7, 11) is 0. The first-order valence-corrected chi connectivity index (χ1v) is 7.21. The highest BCUT2D eigenvalue weighted by atomic mass is 32.1. The van der Waals surface area contributed by atoms with Gasteiger partial charge in [0.2, 0.25) is 0 Å². The lowest BCUT2D eigenvalue weighted by Crippen LogP contribution is -2.14. The van der Waals surface area contributed by atoms with E-state index in [-0.39, 0.29) is 11.9 Å². The van der Waals surface area contributed by atoms with Gasteiger partial charge in [-0.05, 0) is 54.6 Å². The molecular weight excluding hydrogens is 261 g/mol. The minimum absolute atomic E-state index is 0.120. The van der Waals surface area contributed by atoms with Gasteiger partial charge in [0.25, 0.3) is 0 Å². The Balaban J connectivity index is 2.16. The first-order valence-electron chi connectivity index (χ1n) is 6.43. The van der Waals surface area contributed by atoms with Crippen molar-refractivity contribution in [3.8, 4) is 0 Å². The number of hydrogen-bond acceptors (Lipinski definition) is 4. The van der Waals surface area contributed by atoms with E-state index < -0.39 is 0 Å². The van der Waals surface area contributed by atoms with Gasteiger partial charge in [-0.15, -0.1) is 5.10 Å². The van der Waals surface area contributed by atoms with E-state index in [0.717, 1.165) is 34.5 Å². The van der Waals surface area contributed by atoms with Gasteiger partial charge in [-0.25, -0.2) is 4.39 Å². The maximum absolute atomic E-state index is 13.1. The third kappa shape index (κ3) is 3.36. The molecule has 0 aliphatic carbocycles. The molecule has 1 aromatic heterocycles. The van der Waals surface area contributed by atoms with Gasteiger partial charge in [0.1, 0.15) is 5.82 Å². The Morgan fingerprint density at radius 1 is 1.42 bits per heavy atom. The van der Waals surface area contributed by atoms with Gasteiger partial charge in [-0.1, -0.05) is 23.9 Å². The molecule has 0 aliphatic heterocycles. The van der Waals surface area contributed by atoms with Crippen molar-refractivity contribution in [1.29, 1.82) is 0 Å². The quantitative estimate of drug-likeness (QED) is 0.914. The zero-order chi connectivity index (χ0) is 13.8. The summed E-state index contributed by atoms with van der Waals surface area (Å²) in [6.45, 7) is 4.02. The summed E-state index contributed by atoms with van der Waals surface area (Å²) in [5.41, 5.74) is 9.25. The molecule has 2 N–H and O–H groups in total. The van der Waals surface area contributed by atoms with Crippen LogP contribution in [0.25, 0.3) is 0 Å². The summed E-state index contributed by atoms with van der Waals surface area (Å²) in [4.78, 5) is 1.05. The molecule has 0 bridgehead atoms. The molecule has 0 spiro atoms. The van der Waals surface area contributed by atoms with Crippen molar-refractivity contribution >= 4 is 11.5 Å². The normalized spacial score (nSPS) is 12.6. The smallest absolute Gasteiger partial charge is 0.123 e. The van der Waals surface area contributed by atoms with E-state index in [2.05, 4.69) is 16.5 Å². The second-order valence-corrected chi connectivity index (χ2v) is 5.50. The molecule has 0 fully saturated rings. The standard InChI is InChI=1S/C14H18FN3S/c1-3-4-13-14(19-18-17-13)12(16)8-10-5-6-11(15)7-9(10)2/h5-7,12H,3-4,8,16H2,1-2H3. The largest absolute Gasteiger partial charge is 0.323 e. The molecule has 102 valence electrons. The summed E-state index contributed by atoms with van der Waals surface area (Å²) in [6, 6.07) is 4.71. The minimum atomic E-state index is -0.207. The van der Waals surface area contributed by atoms with Crippen molar-refractivity contribution in [2.24, 2.45) is 5.73 Å². The molecule has 0 saturated carbocycles. The lowest BCUT2D eigenvalue weighted by molar-refractivity contribution is 0.624. The molecule has 0 aliphatic rings. The zero-order valence-corrected chi connectivity index (χ0v) is 12.0. The number of nitrogens with two attached hydrogens (primary N) is 1. The van der Waals surface area contributed by atoms with Gasteiger partial charge in [-0.2, -0.15) is 0 Å². The summed E-state index contributed by atoms with van der Waals surface area (Å²) in [6.07, 6.45) is 2.62. The van der Waals surface area contributed by atoms with Gasteiger partial charge in [0, 0.05) is 6.04 Å². The summed E-state index contributed by atoms with van der Waals surface area (Å²) < 4.78 is 17.1. The molecule has 1 atom stereocenters. The van der Waals surface area contributed by atoms with Crippen molar-refractivity contribution < 1.29 is 4.39 Å². The van der Waals surface area contributed by atoms with Crippen LogP contribution >= 0.6 is 11.5 Å². The SMILES string of the molecule is CCCc1nnsc1C(N)Cc1ccc(F)cc1C. The van der Waals surface area contributed by atoms with Crippen molar-refractivity contribution in [2.75, 3.05) is 0 Å². The third-order valence-electron chi connectivity index (χ3n) is 3.15. The lowest BCUT2D eigenvalue weighted by atomic mass is 9.99. The Bertz CT molecular complexity index is 553. The molecule has 0 amide bonds. The van der Waals surface area contributed by atoms with Crippen molar-refractivity contribution in [1.82, 2.24) is 9.59 Å². The van der Waals surface area contributed by atoms with Crippen LogP contribution in [0.4, 0.5) is 4.39 Å². The molecule has 0 radical (unpaired) electrons. The second-order valence-electron chi connectivity index (χ2n) is 4.72. The molecule has 1 aromatic carbocycles. The van der Waals surface area contributed by atoms with Crippen LogP contribution in [0.2, 0.25) is 0 Å². The second kappa shape index (κ2) is 6.21. The van der Waals surface area contributed by atoms with Crippen LogP contribution in [-0.2, 0) is 12.8 Å². The Hall–Kier alpha value is -1.33. The van der Waals surface area contributed by atoms with Crippen LogP contribution in [0.1, 0.15) is 41.1 Å². The number of halogens is 1. The average molecular weight is 279 g/mol. The van der Waals surface area contributed by atoms with Crippen LogP contribution in [0, 0.1) is 12.7 Å². The first-order chi connectivity index (χ1) is 9.11. The van der Waals surface area contributed by atoms with E-state index in [0.29, 0.717) is 6.42 Å². The van der Waals surface area contributed by atoms with Crippen LogP contribution in [0.15, 0.2) is 18.2 Å². The Morgan fingerprint density at radius 2 is 2.21 bits per heavy atom. The fourth-order valence-electron chi connectivity index (χ4n) is 2.13. The number of benzene rings is 1. The topological polar surface area (TPSA) is 51.8 Å². The van der Waals surface area contributed by atoms with E-state index in [1.54, 1.807) is 12.1 Å². The van der Waals surface area contributed by atoms with E-state index in [9.17, 15) is 4.39 Å². The molecule has 2 aromatic rings. The molecule has 1 heterocycles. The Kier molecular flexibility index (Phi) is 4.61. The van der Waals surface area contributed by atoms with Crippen LogP contribution in [0.3, 0.4) is 0 Å². The molecule has 2 rings (SSSR count).